The lowest BCUT2D eigenvalue weighted by atomic mass is 10.3. The van der Waals surface area contributed by atoms with Gasteiger partial charge in [0.05, 0.1) is 19.8 Å². The van der Waals surface area contributed by atoms with Crippen LogP contribution < -0.4 is 10.2 Å². The number of oxazole rings is 1. The first-order chi connectivity index (χ1) is 9.63. The third kappa shape index (κ3) is 3.19. The van der Waals surface area contributed by atoms with Crippen LogP contribution in [-0.4, -0.2) is 49.9 Å². The lowest BCUT2D eigenvalue weighted by Crippen LogP contribution is -2.37. The summed E-state index contributed by atoms with van der Waals surface area (Å²) in [6.45, 7) is 3.24. The number of hydrogen-bond acceptors (Lipinski definition) is 7. The summed E-state index contributed by atoms with van der Waals surface area (Å²) in [4.78, 5) is 28.5. The van der Waals surface area contributed by atoms with Crippen LogP contribution in [0.15, 0.2) is 10.7 Å². The van der Waals surface area contributed by atoms with E-state index < -0.39 is 12.1 Å². The van der Waals surface area contributed by atoms with Crippen LogP contribution in [0.1, 0.15) is 23.8 Å². The zero-order valence-electron chi connectivity index (χ0n) is 11.4. The largest absolute Gasteiger partial charge is 0.461 e. The number of nitrogens with one attached hydrogen (secondary N) is 1. The highest BCUT2D eigenvalue weighted by Crippen LogP contribution is 2.20. The van der Waals surface area contributed by atoms with Gasteiger partial charge in [0.1, 0.15) is 6.26 Å². The number of methoxy groups -OCH3 is 1. The Balaban J connectivity index is 1.93. The van der Waals surface area contributed by atoms with E-state index in [0.717, 1.165) is 6.42 Å². The Hall–Kier alpha value is -2.25. The molecule has 1 N–H and O–H groups in total. The summed E-state index contributed by atoms with van der Waals surface area (Å²) < 4.78 is 14.7. The maximum absolute atomic E-state index is 11.5. The monoisotopic (exact) mass is 283 g/mol. The Labute approximate surface area is 116 Å². The first-order valence-corrected chi connectivity index (χ1v) is 6.36. The van der Waals surface area contributed by atoms with E-state index in [1.165, 1.54) is 13.4 Å². The standard InChI is InChI=1S/C12H17N3O5/c1-3-19-10(16)9-7-20-11(14-9)15-5-4-8(6-15)13-12(17)18-2/h7-8H,3-6H2,1-2H3,(H,13,17). The number of esters is 1. The molecule has 1 aromatic rings. The van der Waals surface area contributed by atoms with Crippen molar-refractivity contribution in [1.29, 1.82) is 0 Å². The molecule has 2 heterocycles. The minimum Gasteiger partial charge on any atom is -0.461 e. The Morgan fingerprint density at radius 2 is 2.40 bits per heavy atom. The second-order valence-electron chi connectivity index (χ2n) is 4.30. The van der Waals surface area contributed by atoms with Crippen molar-refractivity contribution in [3.05, 3.63) is 12.0 Å². The smallest absolute Gasteiger partial charge is 0.407 e. The third-order valence-electron chi connectivity index (χ3n) is 2.94. The van der Waals surface area contributed by atoms with Gasteiger partial charge < -0.3 is 24.1 Å². The van der Waals surface area contributed by atoms with Crippen LogP contribution in [0.3, 0.4) is 0 Å². The fourth-order valence-electron chi connectivity index (χ4n) is 1.99. The molecule has 0 aromatic carbocycles. The van der Waals surface area contributed by atoms with Gasteiger partial charge >= 0.3 is 12.1 Å². The molecular formula is C12H17N3O5. The van der Waals surface area contributed by atoms with Gasteiger partial charge in [-0.25, -0.2) is 9.59 Å². The third-order valence-corrected chi connectivity index (χ3v) is 2.94. The van der Waals surface area contributed by atoms with E-state index in [1.807, 2.05) is 4.90 Å². The molecule has 20 heavy (non-hydrogen) atoms. The van der Waals surface area contributed by atoms with Crippen LogP contribution in [-0.2, 0) is 9.47 Å². The molecule has 8 heteroatoms. The average molecular weight is 283 g/mol. The molecule has 0 bridgehead atoms. The van der Waals surface area contributed by atoms with Crippen LogP contribution in [0.2, 0.25) is 0 Å². The van der Waals surface area contributed by atoms with E-state index >= 15 is 0 Å². The zero-order valence-corrected chi connectivity index (χ0v) is 11.4. The zero-order chi connectivity index (χ0) is 14.5. The predicted octanol–water partition coefficient (Wildman–Crippen LogP) is 0.786. The van der Waals surface area contributed by atoms with Gasteiger partial charge in [0.25, 0.3) is 6.01 Å². The van der Waals surface area contributed by atoms with Gasteiger partial charge in [-0.15, -0.1) is 0 Å². The summed E-state index contributed by atoms with van der Waals surface area (Å²) in [5.41, 5.74) is 0.145. The number of carbonyl (C=O) groups excluding carboxylic acids is 2. The highest BCUT2D eigenvalue weighted by Gasteiger charge is 2.27. The molecule has 0 saturated carbocycles. The van der Waals surface area contributed by atoms with Crippen molar-refractivity contribution >= 4 is 18.1 Å². The summed E-state index contributed by atoms with van der Waals surface area (Å²) in [7, 11) is 1.32. The molecule has 1 unspecified atom stereocenters. The van der Waals surface area contributed by atoms with Gasteiger partial charge in [-0.1, -0.05) is 0 Å². The van der Waals surface area contributed by atoms with Crippen molar-refractivity contribution in [3.63, 3.8) is 0 Å². The van der Waals surface area contributed by atoms with E-state index in [-0.39, 0.29) is 18.3 Å². The van der Waals surface area contributed by atoms with Crippen molar-refractivity contribution in [3.8, 4) is 0 Å². The Kier molecular flexibility index (Phi) is 4.44. The molecule has 1 atom stereocenters. The van der Waals surface area contributed by atoms with E-state index in [0.29, 0.717) is 19.1 Å². The maximum atomic E-state index is 11.5. The van der Waals surface area contributed by atoms with E-state index in [9.17, 15) is 9.59 Å². The Morgan fingerprint density at radius 3 is 3.10 bits per heavy atom. The number of aromatic nitrogens is 1. The molecule has 2 rings (SSSR count). The molecule has 0 radical (unpaired) electrons. The molecule has 0 spiro atoms. The SMILES string of the molecule is CCOC(=O)c1coc(N2CCC(NC(=O)OC)C2)n1. The van der Waals surface area contributed by atoms with E-state index in [4.69, 9.17) is 9.15 Å². The highest BCUT2D eigenvalue weighted by atomic mass is 16.5. The van der Waals surface area contributed by atoms with Crippen LogP contribution in [0, 0.1) is 0 Å². The lowest BCUT2D eigenvalue weighted by molar-refractivity contribution is 0.0519. The van der Waals surface area contributed by atoms with Gasteiger partial charge in [0.2, 0.25) is 0 Å². The molecule has 8 nitrogen and oxygen atoms in total. The number of anilines is 1. The summed E-state index contributed by atoms with van der Waals surface area (Å²) in [6, 6.07) is 0.322. The van der Waals surface area contributed by atoms with Gasteiger partial charge in [0.15, 0.2) is 5.69 Å². The van der Waals surface area contributed by atoms with Crippen molar-refractivity contribution in [2.75, 3.05) is 31.7 Å². The Bertz CT molecular complexity index is 487. The van der Waals surface area contributed by atoms with Crippen LogP contribution in [0.4, 0.5) is 10.8 Å². The molecule has 110 valence electrons. The molecule has 1 aliphatic rings. The minimum absolute atomic E-state index is 0.0274. The molecule has 1 saturated heterocycles. The van der Waals surface area contributed by atoms with Gasteiger partial charge in [-0.05, 0) is 13.3 Å². The molecule has 1 amide bonds. The number of hydrogen-bond donors (Lipinski definition) is 1. The number of carbonyl (C=O) groups is 2. The number of amides is 1. The van der Waals surface area contributed by atoms with E-state index in [2.05, 4.69) is 15.0 Å². The van der Waals surface area contributed by atoms with Crippen molar-refractivity contribution in [1.82, 2.24) is 10.3 Å². The molecule has 1 aliphatic heterocycles. The number of alkyl carbamates (subject to hydrolysis) is 1. The molecule has 1 aromatic heterocycles. The maximum Gasteiger partial charge on any atom is 0.407 e. The highest BCUT2D eigenvalue weighted by molar-refractivity contribution is 5.87. The van der Waals surface area contributed by atoms with Crippen LogP contribution in [0.25, 0.3) is 0 Å². The second-order valence-corrected chi connectivity index (χ2v) is 4.30. The fourth-order valence-corrected chi connectivity index (χ4v) is 1.99. The summed E-state index contributed by atoms with van der Waals surface area (Å²) in [5.74, 6) is -0.508. The lowest BCUT2D eigenvalue weighted by Gasteiger charge is -2.14. The molecular weight excluding hydrogens is 266 g/mol. The normalized spacial score (nSPS) is 17.9. The quantitative estimate of drug-likeness (QED) is 0.816. The van der Waals surface area contributed by atoms with Crippen molar-refractivity contribution < 1.29 is 23.5 Å². The van der Waals surface area contributed by atoms with Crippen LogP contribution in [0.5, 0.6) is 0 Å². The van der Waals surface area contributed by atoms with Crippen LogP contribution >= 0.6 is 0 Å². The topological polar surface area (TPSA) is 93.9 Å². The Morgan fingerprint density at radius 1 is 1.60 bits per heavy atom. The molecule has 0 aliphatic carbocycles. The predicted molar refractivity (Wildman–Crippen MR) is 68.6 cm³/mol. The van der Waals surface area contributed by atoms with Crippen molar-refractivity contribution in [2.24, 2.45) is 0 Å². The molecule has 1 fully saturated rings. The van der Waals surface area contributed by atoms with E-state index in [1.54, 1.807) is 6.92 Å². The minimum atomic E-state index is -0.508. The average Bonchev–Trinajstić information content (AvgIpc) is 3.07. The van der Waals surface area contributed by atoms with Gasteiger partial charge in [-0.3, -0.25) is 0 Å². The summed E-state index contributed by atoms with van der Waals surface area (Å²) in [6.07, 6.45) is 1.57. The van der Waals surface area contributed by atoms with Crippen molar-refractivity contribution in [2.45, 2.75) is 19.4 Å². The number of ether oxygens (including phenoxy) is 2. The summed E-state index contributed by atoms with van der Waals surface area (Å²) in [5, 5.41) is 2.71. The van der Waals surface area contributed by atoms with Gasteiger partial charge in [-0.2, -0.15) is 4.98 Å². The second kappa shape index (κ2) is 6.27. The summed E-state index contributed by atoms with van der Waals surface area (Å²) >= 11 is 0. The fraction of sp³-hybridized carbons (Fsp3) is 0.583. The number of nitrogens with zero attached hydrogens (tertiary/aromatic N) is 2. The first-order valence-electron chi connectivity index (χ1n) is 6.36. The number of rotatable bonds is 4. The van der Waals surface area contributed by atoms with Gasteiger partial charge in [0, 0.05) is 13.1 Å². The first kappa shape index (κ1) is 14.2.